The summed E-state index contributed by atoms with van der Waals surface area (Å²) in [6, 6.07) is 4.31. The van der Waals surface area contributed by atoms with Crippen LogP contribution < -0.4 is 5.32 Å². The van der Waals surface area contributed by atoms with Crippen molar-refractivity contribution < 1.29 is 9.72 Å². The normalized spacial score (nSPS) is 32.6. The highest BCUT2D eigenvalue weighted by Gasteiger charge is 2.51. The van der Waals surface area contributed by atoms with Gasteiger partial charge in [-0.15, -0.1) is 11.8 Å². The maximum absolute atomic E-state index is 12.4. The Kier molecular flexibility index (Phi) is 4.44. The first-order chi connectivity index (χ1) is 11.9. The van der Waals surface area contributed by atoms with Crippen molar-refractivity contribution in [2.24, 2.45) is 17.8 Å². The highest BCUT2D eigenvalue weighted by Crippen LogP contribution is 2.60. The third-order valence-electron chi connectivity index (χ3n) is 5.92. The van der Waals surface area contributed by atoms with Crippen LogP contribution in [0.3, 0.4) is 0 Å². The van der Waals surface area contributed by atoms with E-state index < -0.39 is 4.92 Å². The zero-order valence-electron chi connectivity index (χ0n) is 13.9. The van der Waals surface area contributed by atoms with Crippen LogP contribution in [0, 0.1) is 27.9 Å². The second-order valence-corrected chi connectivity index (χ2v) is 9.74. The number of anilines is 1. The van der Waals surface area contributed by atoms with Gasteiger partial charge in [0.25, 0.3) is 5.69 Å². The van der Waals surface area contributed by atoms with Crippen molar-refractivity contribution in [3.05, 3.63) is 33.3 Å². The Labute approximate surface area is 156 Å². The summed E-state index contributed by atoms with van der Waals surface area (Å²) in [6.07, 6.45) is 7.84. The molecule has 0 heterocycles. The molecule has 25 heavy (non-hydrogen) atoms. The highest BCUT2D eigenvalue weighted by molar-refractivity contribution is 8.01. The molecule has 1 N–H and O–H groups in total. The third-order valence-corrected chi connectivity index (χ3v) is 7.68. The number of nitrogens with zero attached hydrogens (tertiary/aromatic N) is 1. The summed E-state index contributed by atoms with van der Waals surface area (Å²) in [4.78, 5) is 23.0. The molecule has 4 aliphatic carbocycles. The fourth-order valence-corrected chi connectivity index (χ4v) is 7.11. The minimum Gasteiger partial charge on any atom is -0.320 e. The number of hydrogen-bond donors (Lipinski definition) is 1. The van der Waals surface area contributed by atoms with Crippen LogP contribution in [0.2, 0.25) is 5.02 Å². The Morgan fingerprint density at radius 2 is 1.84 bits per heavy atom. The van der Waals surface area contributed by atoms with Crippen molar-refractivity contribution in [3.8, 4) is 0 Å². The summed E-state index contributed by atoms with van der Waals surface area (Å²) < 4.78 is 0.262. The summed E-state index contributed by atoms with van der Waals surface area (Å²) in [5, 5.41) is 14.1. The Balaban J connectivity index is 1.40. The third kappa shape index (κ3) is 3.51. The molecule has 4 bridgehead atoms. The zero-order chi connectivity index (χ0) is 17.6. The van der Waals surface area contributed by atoms with E-state index in [4.69, 9.17) is 11.6 Å². The Morgan fingerprint density at radius 3 is 2.40 bits per heavy atom. The number of nitro groups is 1. The van der Waals surface area contributed by atoms with Crippen LogP contribution in [0.15, 0.2) is 18.2 Å². The molecule has 0 radical (unpaired) electrons. The van der Waals surface area contributed by atoms with E-state index in [0.717, 1.165) is 17.8 Å². The molecular weight excluding hydrogens is 360 g/mol. The molecule has 1 aromatic carbocycles. The van der Waals surface area contributed by atoms with E-state index in [2.05, 4.69) is 5.32 Å². The van der Waals surface area contributed by atoms with Gasteiger partial charge in [-0.2, -0.15) is 0 Å². The molecule has 5 nitrogen and oxygen atoms in total. The van der Waals surface area contributed by atoms with E-state index in [1.54, 1.807) is 17.8 Å². The fourth-order valence-electron chi connectivity index (χ4n) is 5.37. The summed E-state index contributed by atoms with van der Waals surface area (Å²) >= 11 is 7.58. The number of thioether (sulfide) groups is 1. The molecule has 1 aromatic rings. The molecule has 0 saturated heterocycles. The van der Waals surface area contributed by atoms with Gasteiger partial charge >= 0.3 is 0 Å². The molecule has 134 valence electrons. The first kappa shape index (κ1) is 17.2. The van der Waals surface area contributed by atoms with E-state index >= 15 is 0 Å². The molecule has 0 unspecified atom stereocenters. The predicted octanol–water partition coefficient (Wildman–Crippen LogP) is 4.89. The smallest absolute Gasteiger partial charge is 0.294 e. The number of rotatable bonds is 5. The lowest BCUT2D eigenvalue weighted by Crippen LogP contribution is -2.49. The van der Waals surface area contributed by atoms with Crippen molar-refractivity contribution in [3.63, 3.8) is 0 Å². The lowest BCUT2D eigenvalue weighted by atomic mass is 9.56. The summed E-state index contributed by atoms with van der Waals surface area (Å²) in [5.74, 6) is 2.72. The minimum atomic E-state index is -0.520. The maximum atomic E-state index is 12.4. The maximum Gasteiger partial charge on any atom is 0.294 e. The molecule has 0 atom stereocenters. The van der Waals surface area contributed by atoms with Gasteiger partial charge in [-0.25, -0.2) is 0 Å². The van der Waals surface area contributed by atoms with Crippen molar-refractivity contribution in [1.82, 2.24) is 0 Å². The average molecular weight is 381 g/mol. The van der Waals surface area contributed by atoms with E-state index in [-0.39, 0.29) is 27.1 Å². The summed E-state index contributed by atoms with van der Waals surface area (Å²) in [5.41, 5.74) is 0.0474. The highest BCUT2D eigenvalue weighted by atomic mass is 35.5. The van der Waals surface area contributed by atoms with Gasteiger partial charge in [0.1, 0.15) is 5.69 Å². The number of carbonyl (C=O) groups is 1. The molecule has 0 aliphatic heterocycles. The van der Waals surface area contributed by atoms with E-state index in [1.807, 2.05) is 0 Å². The Morgan fingerprint density at radius 1 is 1.24 bits per heavy atom. The largest absolute Gasteiger partial charge is 0.320 e. The number of benzene rings is 1. The number of halogens is 1. The molecule has 1 amide bonds. The second kappa shape index (κ2) is 6.47. The Hall–Kier alpha value is -1.27. The molecule has 4 saturated carbocycles. The van der Waals surface area contributed by atoms with Gasteiger partial charge in [-0.1, -0.05) is 11.6 Å². The molecular formula is C18H21ClN2O3S. The first-order valence-corrected chi connectivity index (χ1v) is 10.2. The quantitative estimate of drug-likeness (QED) is 0.583. The van der Waals surface area contributed by atoms with Crippen LogP contribution in [0.25, 0.3) is 0 Å². The van der Waals surface area contributed by atoms with Crippen molar-refractivity contribution in [1.29, 1.82) is 0 Å². The predicted molar refractivity (Wildman–Crippen MR) is 100 cm³/mol. The molecule has 5 rings (SSSR count). The summed E-state index contributed by atoms with van der Waals surface area (Å²) in [7, 11) is 0. The molecule has 7 heteroatoms. The van der Waals surface area contributed by atoms with E-state index in [9.17, 15) is 14.9 Å². The van der Waals surface area contributed by atoms with Crippen LogP contribution >= 0.6 is 23.4 Å². The van der Waals surface area contributed by atoms with Crippen LogP contribution in [-0.4, -0.2) is 21.3 Å². The lowest BCUT2D eigenvalue weighted by molar-refractivity contribution is -0.383. The standard InChI is InChI=1S/C18H21ClN2O3S/c19-14-1-2-15(16(6-14)21(23)24)20-17(22)10-25-18-7-11-3-12(8-18)5-13(4-11)9-18/h1-2,6,11-13H,3-5,7-10H2,(H,20,22). The van der Waals surface area contributed by atoms with Crippen LogP contribution in [0.1, 0.15) is 38.5 Å². The monoisotopic (exact) mass is 380 g/mol. The minimum absolute atomic E-state index is 0.166. The summed E-state index contributed by atoms with van der Waals surface area (Å²) in [6.45, 7) is 0. The number of nitrogens with one attached hydrogen (secondary N) is 1. The lowest BCUT2D eigenvalue weighted by Gasteiger charge is -2.56. The van der Waals surface area contributed by atoms with Gasteiger partial charge in [0.2, 0.25) is 5.91 Å². The van der Waals surface area contributed by atoms with E-state index in [1.165, 1.54) is 50.7 Å². The molecule has 4 fully saturated rings. The van der Waals surface area contributed by atoms with Gasteiger partial charge in [0.05, 0.1) is 10.7 Å². The SMILES string of the molecule is O=C(CSC12CC3CC(CC(C3)C1)C2)Nc1ccc(Cl)cc1[N+](=O)[O-]. The van der Waals surface area contributed by atoms with Gasteiger partial charge in [0, 0.05) is 15.8 Å². The van der Waals surface area contributed by atoms with Gasteiger partial charge in [-0.05, 0) is 68.4 Å². The van der Waals surface area contributed by atoms with Gasteiger partial charge in [0.15, 0.2) is 0 Å². The molecule has 0 aromatic heterocycles. The zero-order valence-corrected chi connectivity index (χ0v) is 15.4. The topological polar surface area (TPSA) is 72.2 Å². The van der Waals surface area contributed by atoms with Crippen molar-refractivity contribution >= 4 is 40.6 Å². The van der Waals surface area contributed by atoms with Crippen LogP contribution in [0.5, 0.6) is 0 Å². The van der Waals surface area contributed by atoms with Crippen LogP contribution in [-0.2, 0) is 4.79 Å². The molecule has 4 aliphatic rings. The van der Waals surface area contributed by atoms with E-state index in [0.29, 0.717) is 5.75 Å². The van der Waals surface area contributed by atoms with Crippen molar-refractivity contribution in [2.75, 3.05) is 11.1 Å². The van der Waals surface area contributed by atoms with Crippen molar-refractivity contribution in [2.45, 2.75) is 43.3 Å². The first-order valence-electron chi connectivity index (χ1n) is 8.80. The second-order valence-electron chi connectivity index (χ2n) is 7.86. The number of hydrogen-bond acceptors (Lipinski definition) is 4. The number of carbonyl (C=O) groups excluding carboxylic acids is 1. The fraction of sp³-hybridized carbons (Fsp3) is 0.611. The average Bonchev–Trinajstić information content (AvgIpc) is 2.53. The molecule has 0 spiro atoms. The number of nitro benzene ring substituents is 1. The van der Waals surface area contributed by atoms with Crippen LogP contribution in [0.4, 0.5) is 11.4 Å². The van der Waals surface area contributed by atoms with Gasteiger partial charge in [-0.3, -0.25) is 14.9 Å². The Bertz CT molecular complexity index is 689. The van der Waals surface area contributed by atoms with Gasteiger partial charge < -0.3 is 5.32 Å². The number of amides is 1.